The van der Waals surface area contributed by atoms with Crippen molar-refractivity contribution >= 4 is 40.1 Å². The van der Waals surface area contributed by atoms with Gasteiger partial charge in [0.2, 0.25) is 0 Å². The Balaban J connectivity index is 2.21. The van der Waals surface area contributed by atoms with Crippen LogP contribution in [0.5, 0.6) is 0 Å². The molecule has 1 heterocycles. The topological polar surface area (TPSA) is 50.2 Å². The lowest BCUT2D eigenvalue weighted by molar-refractivity contribution is -0.145. The van der Waals surface area contributed by atoms with E-state index in [-0.39, 0.29) is 0 Å². The molecule has 1 aromatic heterocycles. The molecule has 0 aliphatic heterocycles. The van der Waals surface area contributed by atoms with Gasteiger partial charge in [0, 0.05) is 5.39 Å². The first-order chi connectivity index (χ1) is 10.0. The second kappa shape index (κ2) is 5.47. The van der Waals surface area contributed by atoms with Crippen LogP contribution < -0.4 is 0 Å². The number of carboxylic acids is 1. The van der Waals surface area contributed by atoms with E-state index in [9.17, 15) is 9.90 Å². The Kier molecular flexibility index (Phi) is 3.80. The van der Waals surface area contributed by atoms with Crippen molar-refractivity contribution < 1.29 is 9.90 Å². The molecular formula is C16H15Cl2NO2. The van der Waals surface area contributed by atoms with Gasteiger partial charge in [-0.3, -0.25) is 4.79 Å². The maximum absolute atomic E-state index is 11.9. The van der Waals surface area contributed by atoms with Crippen molar-refractivity contribution in [3.05, 3.63) is 40.0 Å². The lowest BCUT2D eigenvalue weighted by atomic mass is 9.69. The largest absolute Gasteiger partial charge is 0.481 e. The number of carboxylic acid groups (broad SMARTS) is 1. The average molecular weight is 324 g/mol. The van der Waals surface area contributed by atoms with Gasteiger partial charge in [-0.05, 0) is 36.6 Å². The highest BCUT2D eigenvalue weighted by atomic mass is 35.5. The number of nitrogens with zero attached hydrogens (tertiary/aromatic N) is 1. The Hall–Kier alpha value is -1.32. The maximum atomic E-state index is 11.9. The molecule has 3 rings (SSSR count). The first-order valence-corrected chi connectivity index (χ1v) is 7.79. The standard InChI is InChI=1S/C16H15Cl2NO2/c17-13-7-4-10-12(19-13)6-5-11(14(10)18)16(15(20)21)8-2-1-3-9-16/h4-7H,1-3,8-9H2,(H,20,21). The number of carbonyl (C=O) groups is 1. The zero-order chi connectivity index (χ0) is 15.0. The Labute approximate surface area is 132 Å². The molecule has 1 aliphatic rings. The Bertz CT molecular complexity index is 709. The van der Waals surface area contributed by atoms with Crippen LogP contribution in [0.1, 0.15) is 37.7 Å². The number of benzene rings is 1. The normalized spacial score (nSPS) is 17.8. The Morgan fingerprint density at radius 3 is 2.48 bits per heavy atom. The minimum Gasteiger partial charge on any atom is -0.481 e. The van der Waals surface area contributed by atoms with Crippen LogP contribution in [0.3, 0.4) is 0 Å². The third-order valence-corrected chi connectivity index (χ3v) is 5.02. The van der Waals surface area contributed by atoms with E-state index < -0.39 is 11.4 Å². The first-order valence-electron chi connectivity index (χ1n) is 7.03. The fourth-order valence-electron chi connectivity index (χ4n) is 3.27. The molecule has 0 atom stereocenters. The summed E-state index contributed by atoms with van der Waals surface area (Å²) < 4.78 is 0. The molecule has 2 aromatic rings. The molecule has 0 bridgehead atoms. The zero-order valence-corrected chi connectivity index (χ0v) is 12.9. The van der Waals surface area contributed by atoms with Gasteiger partial charge in [-0.1, -0.05) is 48.5 Å². The molecule has 0 unspecified atom stereocenters. The molecule has 0 radical (unpaired) electrons. The van der Waals surface area contributed by atoms with Crippen molar-refractivity contribution in [2.45, 2.75) is 37.5 Å². The highest BCUT2D eigenvalue weighted by molar-refractivity contribution is 6.37. The van der Waals surface area contributed by atoms with Crippen LogP contribution in [0.15, 0.2) is 24.3 Å². The highest BCUT2D eigenvalue weighted by Crippen LogP contribution is 2.44. The second-order valence-corrected chi connectivity index (χ2v) is 6.34. The fraction of sp³-hybridized carbons (Fsp3) is 0.375. The van der Waals surface area contributed by atoms with Gasteiger partial charge in [0.15, 0.2) is 0 Å². The molecule has 1 aromatic carbocycles. The van der Waals surface area contributed by atoms with Crippen molar-refractivity contribution in [1.82, 2.24) is 4.98 Å². The SMILES string of the molecule is O=C(O)C1(c2ccc3nc(Cl)ccc3c2Cl)CCCCC1. The van der Waals surface area contributed by atoms with Crippen LogP contribution in [0.2, 0.25) is 10.2 Å². The summed E-state index contributed by atoms with van der Waals surface area (Å²) in [5.41, 5.74) is 0.518. The monoisotopic (exact) mass is 323 g/mol. The lowest BCUT2D eigenvalue weighted by Crippen LogP contribution is -2.38. The van der Waals surface area contributed by atoms with Crippen LogP contribution in [0.25, 0.3) is 10.9 Å². The van der Waals surface area contributed by atoms with Crippen molar-refractivity contribution in [3.63, 3.8) is 0 Å². The number of pyridine rings is 1. The van der Waals surface area contributed by atoms with E-state index >= 15 is 0 Å². The summed E-state index contributed by atoms with van der Waals surface area (Å²) in [7, 11) is 0. The van der Waals surface area contributed by atoms with E-state index in [1.165, 1.54) is 0 Å². The number of aromatic nitrogens is 1. The zero-order valence-electron chi connectivity index (χ0n) is 11.4. The summed E-state index contributed by atoms with van der Waals surface area (Å²) >= 11 is 12.4. The van der Waals surface area contributed by atoms with Crippen LogP contribution >= 0.6 is 23.2 Å². The number of hydrogen-bond acceptors (Lipinski definition) is 2. The maximum Gasteiger partial charge on any atom is 0.314 e. The molecule has 0 amide bonds. The summed E-state index contributed by atoms with van der Waals surface area (Å²) in [6.07, 6.45) is 4.18. The van der Waals surface area contributed by atoms with Crippen LogP contribution in [0, 0.1) is 0 Å². The van der Waals surface area contributed by atoms with Gasteiger partial charge in [0.25, 0.3) is 0 Å². The number of rotatable bonds is 2. The average Bonchev–Trinajstić information content (AvgIpc) is 2.48. The summed E-state index contributed by atoms with van der Waals surface area (Å²) in [4.78, 5) is 16.1. The number of halogens is 2. The molecule has 1 saturated carbocycles. The molecule has 21 heavy (non-hydrogen) atoms. The third-order valence-electron chi connectivity index (χ3n) is 4.40. The number of aliphatic carboxylic acids is 1. The predicted octanol–water partition coefficient (Wildman–Crippen LogP) is 4.83. The molecule has 0 spiro atoms. The van der Waals surface area contributed by atoms with Crippen LogP contribution in [-0.2, 0) is 10.2 Å². The fourth-order valence-corrected chi connectivity index (χ4v) is 3.82. The van der Waals surface area contributed by atoms with Crippen LogP contribution in [0.4, 0.5) is 0 Å². The van der Waals surface area contributed by atoms with Gasteiger partial charge in [0.05, 0.1) is 16.0 Å². The van der Waals surface area contributed by atoms with Gasteiger partial charge in [-0.2, -0.15) is 0 Å². The molecule has 1 aliphatic carbocycles. The predicted molar refractivity (Wildman–Crippen MR) is 84.2 cm³/mol. The minimum absolute atomic E-state index is 0.400. The summed E-state index contributed by atoms with van der Waals surface area (Å²) in [5.74, 6) is -0.787. The van der Waals surface area contributed by atoms with E-state index in [2.05, 4.69) is 4.98 Å². The van der Waals surface area contributed by atoms with E-state index in [1.54, 1.807) is 18.2 Å². The van der Waals surface area contributed by atoms with Crippen molar-refractivity contribution in [1.29, 1.82) is 0 Å². The van der Waals surface area contributed by atoms with Crippen molar-refractivity contribution in [3.8, 4) is 0 Å². The van der Waals surface area contributed by atoms with Crippen molar-refractivity contribution in [2.75, 3.05) is 0 Å². The van der Waals surface area contributed by atoms with Gasteiger partial charge < -0.3 is 5.11 Å². The lowest BCUT2D eigenvalue weighted by Gasteiger charge is -2.34. The van der Waals surface area contributed by atoms with Gasteiger partial charge >= 0.3 is 5.97 Å². The molecular weight excluding hydrogens is 309 g/mol. The van der Waals surface area contributed by atoms with Gasteiger partial charge in [-0.15, -0.1) is 0 Å². The smallest absolute Gasteiger partial charge is 0.314 e. The van der Waals surface area contributed by atoms with Crippen LogP contribution in [-0.4, -0.2) is 16.1 Å². The molecule has 110 valence electrons. The number of fused-ring (bicyclic) bond motifs is 1. The van der Waals surface area contributed by atoms with E-state index in [1.807, 2.05) is 6.07 Å². The van der Waals surface area contributed by atoms with E-state index in [4.69, 9.17) is 23.2 Å². The third kappa shape index (κ3) is 2.39. The molecule has 1 N–H and O–H groups in total. The molecule has 0 saturated heterocycles. The minimum atomic E-state index is -0.872. The second-order valence-electron chi connectivity index (χ2n) is 5.58. The first kappa shape index (κ1) is 14.6. The molecule has 3 nitrogen and oxygen atoms in total. The van der Waals surface area contributed by atoms with Gasteiger partial charge in [-0.25, -0.2) is 4.98 Å². The summed E-state index contributed by atoms with van der Waals surface area (Å²) in [5, 5.41) is 11.4. The number of hydrogen-bond donors (Lipinski definition) is 1. The molecule has 5 heteroatoms. The Morgan fingerprint density at radius 2 is 1.81 bits per heavy atom. The van der Waals surface area contributed by atoms with E-state index in [0.717, 1.165) is 24.6 Å². The molecule has 1 fully saturated rings. The van der Waals surface area contributed by atoms with Crippen molar-refractivity contribution in [2.24, 2.45) is 0 Å². The highest BCUT2D eigenvalue weighted by Gasteiger charge is 2.42. The van der Waals surface area contributed by atoms with E-state index in [0.29, 0.717) is 34.1 Å². The Morgan fingerprint density at radius 1 is 1.10 bits per heavy atom. The quantitative estimate of drug-likeness (QED) is 0.805. The summed E-state index contributed by atoms with van der Waals surface area (Å²) in [6, 6.07) is 7.08. The summed E-state index contributed by atoms with van der Waals surface area (Å²) in [6.45, 7) is 0. The van der Waals surface area contributed by atoms with Gasteiger partial charge in [0.1, 0.15) is 5.15 Å².